The second-order valence-corrected chi connectivity index (χ2v) is 6.30. The summed E-state index contributed by atoms with van der Waals surface area (Å²) in [6, 6.07) is 14.5. The highest BCUT2D eigenvalue weighted by atomic mass is 16.5. The molecule has 22 heavy (non-hydrogen) atoms. The highest BCUT2D eigenvalue weighted by molar-refractivity contribution is 5.44. The fourth-order valence-electron chi connectivity index (χ4n) is 3.68. The van der Waals surface area contributed by atoms with Gasteiger partial charge in [-0.25, -0.2) is 0 Å². The standard InChI is InChI=1S/C19H21NO2/c21-19(10-8-14-4-1-2-7-17(14)19)13-20-12-16-6-3-5-15-9-11-22-18(15)16/h1-7,20-21H,8-13H2. The Hall–Kier alpha value is -1.84. The van der Waals surface area contributed by atoms with Crippen molar-refractivity contribution in [2.75, 3.05) is 13.2 Å². The average Bonchev–Trinajstić information content (AvgIpc) is 3.14. The first-order valence-corrected chi connectivity index (χ1v) is 8.01. The van der Waals surface area contributed by atoms with E-state index >= 15 is 0 Å². The highest BCUT2D eigenvalue weighted by Crippen LogP contribution is 2.36. The summed E-state index contributed by atoms with van der Waals surface area (Å²) in [4.78, 5) is 0. The van der Waals surface area contributed by atoms with Gasteiger partial charge in [0.1, 0.15) is 11.4 Å². The van der Waals surface area contributed by atoms with Crippen molar-refractivity contribution in [1.29, 1.82) is 0 Å². The quantitative estimate of drug-likeness (QED) is 0.911. The molecule has 1 heterocycles. The molecule has 114 valence electrons. The molecule has 0 radical (unpaired) electrons. The van der Waals surface area contributed by atoms with E-state index in [1.54, 1.807) is 0 Å². The van der Waals surface area contributed by atoms with Gasteiger partial charge in [-0.1, -0.05) is 42.5 Å². The van der Waals surface area contributed by atoms with E-state index in [0.29, 0.717) is 6.54 Å². The van der Waals surface area contributed by atoms with E-state index in [0.717, 1.165) is 43.7 Å². The third-order valence-electron chi connectivity index (χ3n) is 4.86. The van der Waals surface area contributed by atoms with Gasteiger partial charge in [-0.2, -0.15) is 0 Å². The maximum Gasteiger partial charge on any atom is 0.127 e. The Bertz CT molecular complexity index is 698. The van der Waals surface area contributed by atoms with Crippen LogP contribution in [0.15, 0.2) is 42.5 Å². The van der Waals surface area contributed by atoms with Crippen molar-refractivity contribution in [3.8, 4) is 5.75 Å². The second-order valence-electron chi connectivity index (χ2n) is 6.30. The molecule has 0 spiro atoms. The van der Waals surface area contributed by atoms with E-state index in [2.05, 4.69) is 29.6 Å². The summed E-state index contributed by atoms with van der Waals surface area (Å²) in [7, 11) is 0. The fraction of sp³-hybridized carbons (Fsp3) is 0.368. The Morgan fingerprint density at radius 3 is 2.86 bits per heavy atom. The lowest BCUT2D eigenvalue weighted by Gasteiger charge is -2.24. The summed E-state index contributed by atoms with van der Waals surface area (Å²) in [5, 5.41) is 14.3. The van der Waals surface area contributed by atoms with Crippen molar-refractivity contribution in [3.05, 3.63) is 64.7 Å². The van der Waals surface area contributed by atoms with Crippen molar-refractivity contribution in [3.63, 3.8) is 0 Å². The van der Waals surface area contributed by atoms with E-state index in [1.807, 2.05) is 18.2 Å². The lowest BCUT2D eigenvalue weighted by molar-refractivity contribution is 0.0384. The summed E-state index contributed by atoms with van der Waals surface area (Å²) >= 11 is 0. The Balaban J connectivity index is 1.45. The largest absolute Gasteiger partial charge is 0.493 e. The maximum atomic E-state index is 10.9. The Labute approximate surface area is 130 Å². The maximum absolute atomic E-state index is 10.9. The molecule has 0 saturated carbocycles. The van der Waals surface area contributed by atoms with Crippen LogP contribution in [-0.2, 0) is 25.0 Å². The molecule has 2 N–H and O–H groups in total. The molecule has 0 bridgehead atoms. The van der Waals surface area contributed by atoms with Crippen LogP contribution >= 0.6 is 0 Å². The first-order chi connectivity index (χ1) is 10.8. The number of aliphatic hydroxyl groups is 1. The van der Waals surface area contributed by atoms with Crippen molar-refractivity contribution in [2.24, 2.45) is 0 Å². The molecule has 3 heteroatoms. The van der Waals surface area contributed by atoms with Gasteiger partial charge in [0.25, 0.3) is 0 Å². The number of hydrogen-bond acceptors (Lipinski definition) is 3. The van der Waals surface area contributed by atoms with Crippen molar-refractivity contribution >= 4 is 0 Å². The molecular weight excluding hydrogens is 274 g/mol. The van der Waals surface area contributed by atoms with Crippen LogP contribution in [0.3, 0.4) is 0 Å². The van der Waals surface area contributed by atoms with Crippen LogP contribution in [0, 0.1) is 0 Å². The smallest absolute Gasteiger partial charge is 0.127 e. The lowest BCUT2D eigenvalue weighted by atomic mass is 9.96. The van der Waals surface area contributed by atoms with Crippen LogP contribution in [0.1, 0.15) is 28.7 Å². The molecular formula is C19H21NO2. The Morgan fingerprint density at radius 2 is 1.91 bits per heavy atom. The van der Waals surface area contributed by atoms with Crippen LogP contribution in [0.5, 0.6) is 5.75 Å². The number of para-hydroxylation sites is 1. The number of rotatable bonds is 4. The topological polar surface area (TPSA) is 41.5 Å². The number of aryl methyl sites for hydroxylation is 1. The fourth-order valence-corrected chi connectivity index (χ4v) is 3.68. The van der Waals surface area contributed by atoms with E-state index < -0.39 is 5.60 Å². The monoisotopic (exact) mass is 295 g/mol. The van der Waals surface area contributed by atoms with E-state index in [1.165, 1.54) is 16.7 Å². The van der Waals surface area contributed by atoms with Crippen molar-refractivity contribution in [2.45, 2.75) is 31.4 Å². The normalized spacial score (nSPS) is 22.2. The first-order valence-electron chi connectivity index (χ1n) is 8.01. The summed E-state index contributed by atoms with van der Waals surface area (Å²) in [5.74, 6) is 1.04. The van der Waals surface area contributed by atoms with E-state index in [9.17, 15) is 5.11 Å². The third kappa shape index (κ3) is 2.31. The van der Waals surface area contributed by atoms with Gasteiger partial charge in [-0.15, -0.1) is 0 Å². The Kier molecular flexibility index (Phi) is 3.40. The molecule has 4 rings (SSSR count). The molecule has 2 aliphatic rings. The minimum absolute atomic E-state index is 0.577. The SMILES string of the molecule is OC1(CNCc2cccc3c2OCC3)CCc2ccccc21. The third-order valence-corrected chi connectivity index (χ3v) is 4.86. The molecule has 2 aromatic rings. The molecule has 1 atom stereocenters. The van der Waals surface area contributed by atoms with Gasteiger partial charge in [0.15, 0.2) is 0 Å². The van der Waals surface area contributed by atoms with Gasteiger partial charge in [-0.3, -0.25) is 0 Å². The van der Waals surface area contributed by atoms with Gasteiger partial charge < -0.3 is 15.2 Å². The van der Waals surface area contributed by atoms with Crippen LogP contribution in [0.25, 0.3) is 0 Å². The summed E-state index contributed by atoms with van der Waals surface area (Å²) in [6.45, 7) is 2.09. The molecule has 1 unspecified atom stereocenters. The first kappa shape index (κ1) is 13.8. The van der Waals surface area contributed by atoms with Gasteiger partial charge in [0.05, 0.1) is 6.61 Å². The zero-order valence-electron chi connectivity index (χ0n) is 12.6. The van der Waals surface area contributed by atoms with Gasteiger partial charge in [0.2, 0.25) is 0 Å². The minimum atomic E-state index is -0.741. The number of ether oxygens (including phenoxy) is 1. The molecule has 0 aromatic heterocycles. The zero-order chi connectivity index (χ0) is 15.0. The van der Waals surface area contributed by atoms with Gasteiger partial charge in [-0.05, 0) is 29.5 Å². The van der Waals surface area contributed by atoms with Crippen molar-refractivity contribution in [1.82, 2.24) is 5.32 Å². The van der Waals surface area contributed by atoms with Gasteiger partial charge in [0, 0.05) is 25.1 Å². The van der Waals surface area contributed by atoms with Crippen LogP contribution < -0.4 is 10.1 Å². The van der Waals surface area contributed by atoms with Crippen LogP contribution in [-0.4, -0.2) is 18.3 Å². The van der Waals surface area contributed by atoms with Crippen LogP contribution in [0.4, 0.5) is 0 Å². The van der Waals surface area contributed by atoms with E-state index in [-0.39, 0.29) is 0 Å². The molecule has 0 fully saturated rings. The predicted molar refractivity (Wildman–Crippen MR) is 86.0 cm³/mol. The van der Waals surface area contributed by atoms with E-state index in [4.69, 9.17) is 4.74 Å². The number of nitrogens with one attached hydrogen (secondary N) is 1. The summed E-state index contributed by atoms with van der Waals surface area (Å²) < 4.78 is 5.73. The Morgan fingerprint density at radius 1 is 1.05 bits per heavy atom. The minimum Gasteiger partial charge on any atom is -0.493 e. The lowest BCUT2D eigenvalue weighted by Crippen LogP contribution is -2.36. The molecule has 3 nitrogen and oxygen atoms in total. The molecule has 1 aliphatic heterocycles. The van der Waals surface area contributed by atoms with Crippen molar-refractivity contribution < 1.29 is 9.84 Å². The van der Waals surface area contributed by atoms with Crippen LogP contribution in [0.2, 0.25) is 0 Å². The second kappa shape index (κ2) is 5.41. The number of fused-ring (bicyclic) bond motifs is 2. The molecule has 1 aliphatic carbocycles. The molecule has 2 aromatic carbocycles. The average molecular weight is 295 g/mol. The number of benzene rings is 2. The highest BCUT2D eigenvalue weighted by Gasteiger charge is 2.35. The molecule has 0 saturated heterocycles. The predicted octanol–water partition coefficient (Wildman–Crippen LogP) is 2.55. The van der Waals surface area contributed by atoms with Gasteiger partial charge >= 0.3 is 0 Å². The zero-order valence-corrected chi connectivity index (χ0v) is 12.6. The molecule has 0 amide bonds. The summed E-state index contributed by atoms with van der Waals surface area (Å²) in [6.07, 6.45) is 2.75. The summed E-state index contributed by atoms with van der Waals surface area (Å²) in [5.41, 5.74) is 4.09. The number of hydrogen-bond donors (Lipinski definition) is 2.